The first-order valence-corrected chi connectivity index (χ1v) is 10.7. The third-order valence-electron chi connectivity index (χ3n) is 6.35. The van der Waals surface area contributed by atoms with Crippen LogP contribution in [0.4, 0.5) is 0 Å². The number of fused-ring (bicyclic) bond motifs is 2. The van der Waals surface area contributed by atoms with E-state index >= 15 is 0 Å². The van der Waals surface area contributed by atoms with Gasteiger partial charge in [0.2, 0.25) is 0 Å². The van der Waals surface area contributed by atoms with Crippen LogP contribution in [0, 0.1) is 6.92 Å². The van der Waals surface area contributed by atoms with Crippen LogP contribution in [0.5, 0.6) is 0 Å². The Labute approximate surface area is 179 Å². The molecule has 0 spiro atoms. The number of hydrogen-bond acceptors (Lipinski definition) is 5. The van der Waals surface area contributed by atoms with Gasteiger partial charge in [-0.3, -0.25) is 24.0 Å². The van der Waals surface area contributed by atoms with Crippen molar-refractivity contribution in [2.75, 3.05) is 13.1 Å². The molecule has 0 saturated carbocycles. The standard InChI is InChI=1S/C24H25N5O2/c1-16-7-8-21-22(26-16)29(24(31)23(30)27(21)2)18-10-13-28(14-11-18)15-17-9-12-25-20-6-4-3-5-19(17)20/h3-9,12,18H,10-11,13-15H2,1-2H3. The molecule has 1 aliphatic rings. The summed E-state index contributed by atoms with van der Waals surface area (Å²) in [5, 5.41) is 1.18. The molecular formula is C24H25N5O2. The lowest BCUT2D eigenvalue weighted by Gasteiger charge is -2.33. The van der Waals surface area contributed by atoms with Crippen LogP contribution in [0.15, 0.2) is 58.3 Å². The highest BCUT2D eigenvalue weighted by atomic mass is 16.2. The number of pyridine rings is 2. The van der Waals surface area contributed by atoms with Crippen molar-refractivity contribution in [2.24, 2.45) is 7.05 Å². The molecule has 0 bridgehead atoms. The van der Waals surface area contributed by atoms with Gasteiger partial charge >= 0.3 is 11.1 Å². The van der Waals surface area contributed by atoms with Gasteiger partial charge in [0, 0.05) is 50.0 Å². The Morgan fingerprint density at radius 3 is 2.58 bits per heavy atom. The summed E-state index contributed by atoms with van der Waals surface area (Å²) in [6.07, 6.45) is 3.48. The molecule has 1 aliphatic heterocycles. The monoisotopic (exact) mass is 415 g/mol. The zero-order valence-electron chi connectivity index (χ0n) is 17.8. The molecule has 1 saturated heterocycles. The van der Waals surface area contributed by atoms with Crippen molar-refractivity contribution in [3.05, 3.63) is 80.6 Å². The van der Waals surface area contributed by atoms with E-state index in [9.17, 15) is 9.59 Å². The maximum atomic E-state index is 12.9. The topological polar surface area (TPSA) is 73.0 Å². The number of aromatic nitrogens is 4. The van der Waals surface area contributed by atoms with E-state index in [1.54, 1.807) is 11.6 Å². The fourth-order valence-electron chi connectivity index (χ4n) is 4.64. The summed E-state index contributed by atoms with van der Waals surface area (Å²) in [4.78, 5) is 36.9. The first-order valence-electron chi connectivity index (χ1n) is 10.7. The fraction of sp³-hybridized carbons (Fsp3) is 0.333. The van der Waals surface area contributed by atoms with E-state index in [1.807, 2.05) is 43.5 Å². The van der Waals surface area contributed by atoms with E-state index in [0.29, 0.717) is 11.2 Å². The Kier molecular flexibility index (Phi) is 4.90. The highest BCUT2D eigenvalue weighted by Crippen LogP contribution is 2.26. The van der Waals surface area contributed by atoms with Gasteiger partial charge in [0.1, 0.15) is 0 Å². The van der Waals surface area contributed by atoms with E-state index < -0.39 is 11.1 Å². The van der Waals surface area contributed by atoms with Gasteiger partial charge in [0.05, 0.1) is 11.0 Å². The third-order valence-corrected chi connectivity index (χ3v) is 6.35. The lowest BCUT2D eigenvalue weighted by Crippen LogP contribution is -2.45. The molecule has 0 aliphatic carbocycles. The van der Waals surface area contributed by atoms with Gasteiger partial charge in [0.15, 0.2) is 5.65 Å². The Morgan fingerprint density at radius 1 is 1.00 bits per heavy atom. The molecule has 4 heterocycles. The van der Waals surface area contributed by atoms with Crippen LogP contribution in [0.3, 0.4) is 0 Å². The van der Waals surface area contributed by atoms with E-state index in [1.165, 1.54) is 15.5 Å². The Morgan fingerprint density at radius 2 is 1.77 bits per heavy atom. The van der Waals surface area contributed by atoms with Crippen LogP contribution in [-0.4, -0.2) is 37.1 Å². The quantitative estimate of drug-likeness (QED) is 0.481. The Bertz CT molecular complexity index is 1390. The molecule has 1 fully saturated rings. The van der Waals surface area contributed by atoms with Crippen LogP contribution in [0.25, 0.3) is 22.1 Å². The number of benzene rings is 1. The van der Waals surface area contributed by atoms with Crippen LogP contribution >= 0.6 is 0 Å². The predicted octanol–water partition coefficient (Wildman–Crippen LogP) is 2.79. The molecule has 3 aromatic heterocycles. The van der Waals surface area contributed by atoms with Crippen molar-refractivity contribution < 1.29 is 0 Å². The molecule has 7 nitrogen and oxygen atoms in total. The smallest absolute Gasteiger partial charge is 0.304 e. The summed E-state index contributed by atoms with van der Waals surface area (Å²) in [6.45, 7) is 4.47. The highest BCUT2D eigenvalue weighted by Gasteiger charge is 2.25. The molecule has 0 amide bonds. The predicted molar refractivity (Wildman–Crippen MR) is 121 cm³/mol. The molecule has 5 rings (SSSR count). The van der Waals surface area contributed by atoms with E-state index in [4.69, 9.17) is 0 Å². The second kappa shape index (κ2) is 7.74. The minimum absolute atomic E-state index is 0.0244. The van der Waals surface area contributed by atoms with Gasteiger partial charge in [-0.1, -0.05) is 18.2 Å². The normalized spacial score (nSPS) is 15.7. The first-order chi connectivity index (χ1) is 15.0. The largest absolute Gasteiger partial charge is 0.318 e. The second-order valence-electron chi connectivity index (χ2n) is 8.33. The van der Waals surface area contributed by atoms with E-state index in [-0.39, 0.29) is 6.04 Å². The summed E-state index contributed by atoms with van der Waals surface area (Å²) in [5.74, 6) is 0. The molecule has 1 aromatic carbocycles. The number of likely N-dealkylation sites (tertiary alicyclic amines) is 1. The second-order valence-corrected chi connectivity index (χ2v) is 8.33. The zero-order chi connectivity index (χ0) is 21.5. The maximum Gasteiger partial charge on any atom is 0.318 e. The minimum atomic E-state index is -0.496. The average Bonchev–Trinajstić information content (AvgIpc) is 2.79. The van der Waals surface area contributed by atoms with Crippen molar-refractivity contribution in [1.82, 2.24) is 24.0 Å². The molecule has 0 atom stereocenters. The first kappa shape index (κ1) is 19.6. The van der Waals surface area contributed by atoms with Crippen molar-refractivity contribution in [2.45, 2.75) is 32.4 Å². The molecule has 4 aromatic rings. The number of aryl methyl sites for hydroxylation is 2. The number of para-hydroxylation sites is 1. The fourth-order valence-corrected chi connectivity index (χ4v) is 4.64. The van der Waals surface area contributed by atoms with Gasteiger partial charge in [-0.2, -0.15) is 0 Å². The van der Waals surface area contributed by atoms with Gasteiger partial charge in [-0.25, -0.2) is 4.98 Å². The lowest BCUT2D eigenvalue weighted by molar-refractivity contribution is 0.180. The Hall–Kier alpha value is -3.32. The van der Waals surface area contributed by atoms with Gasteiger partial charge < -0.3 is 4.57 Å². The van der Waals surface area contributed by atoms with Crippen LogP contribution in [0.2, 0.25) is 0 Å². The zero-order valence-corrected chi connectivity index (χ0v) is 17.8. The maximum absolute atomic E-state index is 12.9. The van der Waals surface area contributed by atoms with Crippen LogP contribution < -0.4 is 11.1 Å². The van der Waals surface area contributed by atoms with Crippen molar-refractivity contribution in [1.29, 1.82) is 0 Å². The van der Waals surface area contributed by atoms with Gasteiger partial charge in [-0.15, -0.1) is 0 Å². The van der Waals surface area contributed by atoms with Crippen molar-refractivity contribution in [3.63, 3.8) is 0 Å². The molecule has 7 heteroatoms. The van der Waals surface area contributed by atoms with Crippen molar-refractivity contribution in [3.8, 4) is 0 Å². The highest BCUT2D eigenvalue weighted by molar-refractivity contribution is 5.81. The summed E-state index contributed by atoms with van der Waals surface area (Å²) in [5.41, 5.74) is 3.43. The summed E-state index contributed by atoms with van der Waals surface area (Å²) in [7, 11) is 1.63. The molecule has 0 N–H and O–H groups in total. The van der Waals surface area contributed by atoms with Crippen molar-refractivity contribution >= 4 is 22.1 Å². The number of nitrogens with zero attached hydrogens (tertiary/aromatic N) is 5. The minimum Gasteiger partial charge on any atom is -0.304 e. The summed E-state index contributed by atoms with van der Waals surface area (Å²) in [6, 6.07) is 14.0. The average molecular weight is 415 g/mol. The van der Waals surface area contributed by atoms with E-state index in [0.717, 1.165) is 43.7 Å². The lowest BCUT2D eigenvalue weighted by atomic mass is 10.0. The number of piperidine rings is 1. The number of rotatable bonds is 3. The van der Waals surface area contributed by atoms with Gasteiger partial charge in [-0.05, 0) is 49.6 Å². The molecule has 158 valence electrons. The summed E-state index contributed by atoms with van der Waals surface area (Å²) < 4.78 is 3.05. The van der Waals surface area contributed by atoms with Crippen LogP contribution in [0.1, 0.15) is 30.1 Å². The molecule has 31 heavy (non-hydrogen) atoms. The molecule has 0 unspecified atom stereocenters. The molecular weight excluding hydrogens is 390 g/mol. The summed E-state index contributed by atoms with van der Waals surface area (Å²) >= 11 is 0. The van der Waals surface area contributed by atoms with Gasteiger partial charge in [0.25, 0.3) is 0 Å². The third kappa shape index (κ3) is 3.45. The number of hydrogen-bond donors (Lipinski definition) is 0. The Balaban J connectivity index is 1.42. The SMILES string of the molecule is Cc1ccc2c(n1)n(C1CCN(Cc3ccnc4ccccc34)CC1)c(=O)c(=O)n2C. The van der Waals surface area contributed by atoms with Crippen LogP contribution in [-0.2, 0) is 13.6 Å². The molecule has 0 radical (unpaired) electrons. The van der Waals surface area contributed by atoms with E-state index in [2.05, 4.69) is 27.0 Å².